The van der Waals surface area contributed by atoms with Crippen LogP contribution in [-0.2, 0) is 11.3 Å². The van der Waals surface area contributed by atoms with E-state index < -0.39 is 0 Å². The zero-order chi connectivity index (χ0) is 29.9. The number of nitrogens with one attached hydrogen (secondary N) is 2. The van der Waals surface area contributed by atoms with Gasteiger partial charge in [0, 0.05) is 32.1 Å². The molecule has 0 aliphatic carbocycles. The Balaban J connectivity index is 1.35. The molecule has 0 radical (unpaired) electrons. The fourth-order valence-corrected chi connectivity index (χ4v) is 4.89. The first-order valence-corrected chi connectivity index (χ1v) is 14.9. The number of carbonyl (C=O) groups excluding carboxylic acids is 2. The number of piperidine rings is 1. The van der Waals surface area contributed by atoms with E-state index in [1.807, 2.05) is 62.4 Å². The molecule has 1 aliphatic rings. The van der Waals surface area contributed by atoms with Crippen molar-refractivity contribution in [2.24, 2.45) is 5.92 Å². The van der Waals surface area contributed by atoms with E-state index in [9.17, 15) is 9.59 Å². The Morgan fingerprint density at radius 3 is 2.31 bits per heavy atom. The fourth-order valence-electron chi connectivity index (χ4n) is 4.89. The Bertz CT molecular complexity index is 1290. The highest BCUT2D eigenvalue weighted by Gasteiger charge is 2.25. The Morgan fingerprint density at radius 2 is 1.62 bits per heavy atom. The number of hydrogen-bond donors (Lipinski definition) is 2. The molecule has 1 saturated heterocycles. The van der Waals surface area contributed by atoms with Gasteiger partial charge in [0.1, 0.15) is 11.5 Å². The van der Waals surface area contributed by atoms with Crippen molar-refractivity contribution in [2.45, 2.75) is 45.7 Å². The molecule has 0 unspecified atom stereocenters. The molecular formula is C34H44N4O4. The molecule has 2 N–H and O–H groups in total. The molecule has 3 aromatic carbocycles. The molecular weight excluding hydrogens is 528 g/mol. The Morgan fingerprint density at radius 1 is 0.929 bits per heavy atom. The second-order valence-corrected chi connectivity index (χ2v) is 11.2. The minimum atomic E-state index is -0.130. The van der Waals surface area contributed by atoms with Gasteiger partial charge in [-0.15, -0.1) is 0 Å². The van der Waals surface area contributed by atoms with Crippen LogP contribution < -0.4 is 20.1 Å². The van der Waals surface area contributed by atoms with E-state index in [1.54, 1.807) is 24.1 Å². The van der Waals surface area contributed by atoms with Gasteiger partial charge in [-0.2, -0.15) is 0 Å². The van der Waals surface area contributed by atoms with E-state index in [1.165, 1.54) is 5.56 Å². The number of carbonyl (C=O) groups is 2. The largest absolute Gasteiger partial charge is 0.491 e. The van der Waals surface area contributed by atoms with E-state index in [0.717, 1.165) is 56.9 Å². The van der Waals surface area contributed by atoms with Crippen molar-refractivity contribution < 1.29 is 19.1 Å². The summed E-state index contributed by atoms with van der Waals surface area (Å²) in [4.78, 5) is 30.3. The lowest BCUT2D eigenvalue weighted by molar-refractivity contribution is -0.120. The second-order valence-electron chi connectivity index (χ2n) is 11.2. The minimum Gasteiger partial charge on any atom is -0.491 e. The summed E-state index contributed by atoms with van der Waals surface area (Å²) < 4.78 is 12.2. The zero-order valence-electron chi connectivity index (χ0n) is 25.3. The van der Waals surface area contributed by atoms with Crippen LogP contribution in [0.25, 0.3) is 0 Å². The lowest BCUT2D eigenvalue weighted by Gasteiger charge is -2.25. The normalized spacial score (nSPS) is 13.7. The summed E-state index contributed by atoms with van der Waals surface area (Å²) in [5.41, 5.74) is 2.20. The molecule has 1 fully saturated rings. The summed E-state index contributed by atoms with van der Waals surface area (Å²) >= 11 is 0. The van der Waals surface area contributed by atoms with E-state index >= 15 is 0 Å². The lowest BCUT2D eigenvalue weighted by Crippen LogP contribution is -2.35. The molecule has 2 amide bonds. The highest BCUT2D eigenvalue weighted by molar-refractivity contribution is 6.01. The summed E-state index contributed by atoms with van der Waals surface area (Å²) in [6, 6.07) is 23.3. The molecule has 0 saturated carbocycles. The molecule has 42 heavy (non-hydrogen) atoms. The second kappa shape index (κ2) is 15.4. The van der Waals surface area contributed by atoms with E-state index in [2.05, 4.69) is 34.7 Å². The number of amides is 2. The summed E-state index contributed by atoms with van der Waals surface area (Å²) in [5, 5.41) is 6.36. The van der Waals surface area contributed by atoms with Gasteiger partial charge in [0.25, 0.3) is 5.91 Å². The first kappa shape index (κ1) is 31.1. The van der Waals surface area contributed by atoms with Gasteiger partial charge in [0.2, 0.25) is 5.91 Å². The molecule has 1 heterocycles. The predicted octanol–water partition coefficient (Wildman–Crippen LogP) is 5.80. The van der Waals surface area contributed by atoms with Crippen LogP contribution in [0.15, 0.2) is 72.8 Å². The summed E-state index contributed by atoms with van der Waals surface area (Å²) in [6.45, 7) is 7.62. The van der Waals surface area contributed by atoms with Crippen LogP contribution in [0, 0.1) is 5.92 Å². The fraction of sp³-hybridized carbons (Fsp3) is 0.412. The highest BCUT2D eigenvalue weighted by atomic mass is 16.5. The van der Waals surface area contributed by atoms with Crippen molar-refractivity contribution >= 4 is 17.5 Å². The van der Waals surface area contributed by atoms with Crippen LogP contribution in [0.5, 0.6) is 17.2 Å². The van der Waals surface area contributed by atoms with Gasteiger partial charge in [-0.1, -0.05) is 36.4 Å². The first-order valence-electron chi connectivity index (χ1n) is 14.9. The van der Waals surface area contributed by atoms with Crippen molar-refractivity contribution in [1.29, 1.82) is 0 Å². The lowest BCUT2D eigenvalue weighted by atomic mass is 9.97. The summed E-state index contributed by atoms with van der Waals surface area (Å²) in [6.07, 6.45) is 2.35. The third-order valence-electron chi connectivity index (χ3n) is 7.59. The maximum Gasteiger partial charge on any atom is 0.257 e. The summed E-state index contributed by atoms with van der Waals surface area (Å²) in [7, 11) is 3.86. The van der Waals surface area contributed by atoms with Gasteiger partial charge < -0.3 is 29.9 Å². The minimum absolute atomic E-state index is 0.0249. The van der Waals surface area contributed by atoms with Gasteiger partial charge in [-0.3, -0.25) is 9.59 Å². The number of para-hydroxylation sites is 2. The van der Waals surface area contributed by atoms with Crippen LogP contribution >= 0.6 is 0 Å². The quantitative estimate of drug-likeness (QED) is 0.252. The highest BCUT2D eigenvalue weighted by Crippen LogP contribution is 2.32. The van der Waals surface area contributed by atoms with E-state index in [-0.39, 0.29) is 23.8 Å². The molecule has 8 nitrogen and oxygen atoms in total. The molecule has 0 bridgehead atoms. The molecule has 4 rings (SSSR count). The standard InChI is InChI=1S/C34H44N4O4/c1-25(2)38(4)34(40)30-12-8-13-31(36-33(39)27-18-20-35-21-19-27)32(30)41-23-9-22-37(3)24-26-14-16-29(17-15-26)42-28-10-6-5-7-11-28/h5-8,10-17,25,27,35H,9,18-24H2,1-4H3,(H,36,39). The van der Waals surface area contributed by atoms with Gasteiger partial charge in [0.15, 0.2) is 5.75 Å². The van der Waals surface area contributed by atoms with Gasteiger partial charge in [0.05, 0.1) is 17.9 Å². The number of hydrogen-bond acceptors (Lipinski definition) is 6. The molecule has 3 aromatic rings. The van der Waals surface area contributed by atoms with Gasteiger partial charge in [-0.05, 0) is 95.2 Å². The topological polar surface area (TPSA) is 83.1 Å². The molecule has 224 valence electrons. The summed E-state index contributed by atoms with van der Waals surface area (Å²) in [5.74, 6) is 1.85. The predicted molar refractivity (Wildman–Crippen MR) is 167 cm³/mol. The third-order valence-corrected chi connectivity index (χ3v) is 7.59. The van der Waals surface area contributed by atoms with Gasteiger partial charge in [-0.25, -0.2) is 0 Å². The Hall–Kier alpha value is -3.88. The number of anilines is 1. The van der Waals surface area contributed by atoms with E-state index in [0.29, 0.717) is 23.6 Å². The maximum absolute atomic E-state index is 13.3. The average Bonchev–Trinajstić information content (AvgIpc) is 3.01. The van der Waals surface area contributed by atoms with Crippen LogP contribution in [-0.4, -0.2) is 68.0 Å². The van der Waals surface area contributed by atoms with Crippen LogP contribution in [0.4, 0.5) is 5.69 Å². The zero-order valence-corrected chi connectivity index (χ0v) is 25.3. The van der Waals surface area contributed by atoms with Crippen LogP contribution in [0.2, 0.25) is 0 Å². The molecule has 8 heteroatoms. The van der Waals surface area contributed by atoms with E-state index in [4.69, 9.17) is 9.47 Å². The van der Waals surface area contributed by atoms with Crippen molar-refractivity contribution in [3.05, 3.63) is 83.9 Å². The monoisotopic (exact) mass is 572 g/mol. The maximum atomic E-state index is 13.3. The van der Waals surface area contributed by atoms with Crippen molar-refractivity contribution in [2.75, 3.05) is 45.7 Å². The molecule has 1 aliphatic heterocycles. The first-order chi connectivity index (χ1) is 20.3. The Labute approximate surface area is 250 Å². The third kappa shape index (κ3) is 8.81. The van der Waals surface area contributed by atoms with Crippen molar-refractivity contribution in [3.63, 3.8) is 0 Å². The molecule has 0 atom stereocenters. The number of nitrogens with zero attached hydrogens (tertiary/aromatic N) is 2. The average molecular weight is 573 g/mol. The number of ether oxygens (including phenoxy) is 2. The molecule has 0 spiro atoms. The van der Waals surface area contributed by atoms with Crippen molar-refractivity contribution in [3.8, 4) is 17.2 Å². The van der Waals surface area contributed by atoms with Gasteiger partial charge >= 0.3 is 0 Å². The van der Waals surface area contributed by atoms with Crippen molar-refractivity contribution in [1.82, 2.24) is 15.1 Å². The van der Waals surface area contributed by atoms with Crippen LogP contribution in [0.1, 0.15) is 49.0 Å². The smallest absolute Gasteiger partial charge is 0.257 e. The SMILES string of the molecule is CC(C)N(C)C(=O)c1cccc(NC(=O)C2CCNCC2)c1OCCCN(C)Cc1ccc(Oc2ccccc2)cc1. The van der Waals surface area contributed by atoms with Crippen LogP contribution in [0.3, 0.4) is 0 Å². The number of rotatable bonds is 13. The molecule has 0 aromatic heterocycles. The number of benzene rings is 3. The Kier molecular flexibility index (Phi) is 11.4.